The number of aromatic nitrogens is 1. The molecule has 6 nitrogen and oxygen atoms in total. The van der Waals surface area contributed by atoms with E-state index in [1.807, 2.05) is 0 Å². The van der Waals surface area contributed by atoms with Gasteiger partial charge in [0.15, 0.2) is 5.82 Å². The van der Waals surface area contributed by atoms with E-state index in [1.54, 1.807) is 13.0 Å². The number of hydrogen-bond donors (Lipinski definition) is 1. The number of rotatable bonds is 5. The zero-order chi connectivity index (χ0) is 23.4. The number of benzene rings is 1. The zero-order valence-electron chi connectivity index (χ0n) is 18.5. The third-order valence-corrected chi connectivity index (χ3v) is 9.36. The summed E-state index contributed by atoms with van der Waals surface area (Å²) in [4.78, 5) is 7.64. The summed E-state index contributed by atoms with van der Waals surface area (Å²) in [7, 11) is -4.35. The van der Waals surface area contributed by atoms with Crippen LogP contribution in [0.4, 0.5) is 20.3 Å². The Morgan fingerprint density at radius 2 is 1.94 bits per heavy atom. The van der Waals surface area contributed by atoms with Gasteiger partial charge >= 0.3 is 0 Å². The Balaban J connectivity index is 1.41. The number of nitrogens with one attached hydrogen (secondary N) is 1. The van der Waals surface area contributed by atoms with Gasteiger partial charge in [0.2, 0.25) is 5.95 Å². The van der Waals surface area contributed by atoms with Crippen molar-refractivity contribution < 1.29 is 17.2 Å². The van der Waals surface area contributed by atoms with Crippen LogP contribution in [-0.4, -0.2) is 50.5 Å². The van der Waals surface area contributed by atoms with Gasteiger partial charge in [-0.05, 0) is 75.9 Å². The van der Waals surface area contributed by atoms with E-state index in [0.717, 1.165) is 45.1 Å². The van der Waals surface area contributed by atoms with E-state index in [0.29, 0.717) is 11.7 Å². The Morgan fingerprint density at radius 1 is 1.18 bits per heavy atom. The number of aryl methyl sites for hydroxylation is 1. The Morgan fingerprint density at radius 3 is 2.61 bits per heavy atom. The molecule has 1 aliphatic carbocycles. The highest BCUT2D eigenvalue weighted by Crippen LogP contribution is 2.53. The lowest BCUT2D eigenvalue weighted by Crippen LogP contribution is -2.55. The quantitative estimate of drug-likeness (QED) is 0.614. The van der Waals surface area contributed by atoms with E-state index < -0.39 is 26.7 Å². The number of anilines is 2. The highest BCUT2D eigenvalue weighted by Gasteiger charge is 2.53. The topological polar surface area (TPSA) is 65.5 Å². The minimum atomic E-state index is -4.35. The smallest absolute Gasteiger partial charge is 0.266 e. The molecule has 0 amide bonds. The predicted octanol–water partition coefficient (Wildman–Crippen LogP) is 4.58. The van der Waals surface area contributed by atoms with Crippen molar-refractivity contribution in [3.8, 4) is 0 Å². The molecule has 1 N–H and O–H groups in total. The van der Waals surface area contributed by atoms with Crippen molar-refractivity contribution in [3.63, 3.8) is 0 Å². The summed E-state index contributed by atoms with van der Waals surface area (Å²) in [5, 5.41) is -0.206. The summed E-state index contributed by atoms with van der Waals surface area (Å²) in [6.07, 6.45) is 5.88. The number of nitrogens with zero attached hydrogens (tertiary/aromatic N) is 3. The van der Waals surface area contributed by atoms with E-state index in [-0.39, 0.29) is 21.8 Å². The van der Waals surface area contributed by atoms with Crippen molar-refractivity contribution in [2.24, 2.45) is 5.41 Å². The van der Waals surface area contributed by atoms with Gasteiger partial charge in [-0.25, -0.2) is 17.8 Å². The van der Waals surface area contributed by atoms with Crippen LogP contribution in [0.2, 0.25) is 5.02 Å². The maximum Gasteiger partial charge on any atom is 0.266 e. The minimum absolute atomic E-state index is 0.202. The van der Waals surface area contributed by atoms with E-state index in [2.05, 4.69) is 19.5 Å². The third kappa shape index (κ3) is 3.98. The number of sulfonamides is 1. The molecular formula is C23H27ClF2N4O2S. The molecule has 0 radical (unpaired) electrons. The highest BCUT2D eigenvalue weighted by atomic mass is 35.5. The van der Waals surface area contributed by atoms with Gasteiger partial charge in [-0.2, -0.15) is 4.39 Å². The van der Waals surface area contributed by atoms with Crippen LogP contribution in [0.3, 0.4) is 0 Å². The Bertz CT molecular complexity index is 1190. The fraction of sp³-hybridized carbons (Fsp3) is 0.522. The molecule has 3 heterocycles. The van der Waals surface area contributed by atoms with Gasteiger partial charge in [-0.3, -0.25) is 9.62 Å². The van der Waals surface area contributed by atoms with Crippen LogP contribution in [0.15, 0.2) is 29.2 Å². The molecule has 2 saturated heterocycles. The first-order valence-corrected chi connectivity index (χ1v) is 13.2. The average molecular weight is 497 g/mol. The largest absolute Gasteiger partial charge is 0.370 e. The van der Waals surface area contributed by atoms with Gasteiger partial charge in [-0.15, -0.1) is 0 Å². The molecule has 0 bridgehead atoms. The first-order valence-electron chi connectivity index (χ1n) is 11.3. The van der Waals surface area contributed by atoms with Gasteiger partial charge in [-0.1, -0.05) is 17.7 Å². The monoisotopic (exact) mass is 496 g/mol. The summed E-state index contributed by atoms with van der Waals surface area (Å²) < 4.78 is 56.7. The molecule has 178 valence electrons. The molecule has 10 heteroatoms. The zero-order valence-corrected chi connectivity index (χ0v) is 20.0. The second kappa shape index (κ2) is 8.36. The van der Waals surface area contributed by atoms with Gasteiger partial charge < -0.3 is 4.90 Å². The Hall–Kier alpha value is -1.97. The summed E-state index contributed by atoms with van der Waals surface area (Å²) in [6, 6.07) is 5.91. The van der Waals surface area contributed by atoms with Crippen molar-refractivity contribution in [1.82, 2.24) is 9.88 Å². The maximum atomic E-state index is 15.4. The summed E-state index contributed by atoms with van der Waals surface area (Å²) in [5.41, 5.74) is 0.966. The molecule has 3 fully saturated rings. The molecular weight excluding hydrogens is 470 g/mol. The lowest BCUT2D eigenvalue weighted by Gasteiger charge is -2.51. The predicted molar refractivity (Wildman–Crippen MR) is 124 cm³/mol. The standard InChI is InChI=1S/C23H27ClF2N4O2S/c1-15-13-16(30-12-9-23(14-30)8-7-17(23)29-10-2-3-11-29)20(24)21(26)22(15)33(31,32)28-19-6-4-5-18(25)27-19/h4-6,13,17H,2-3,7-12,14H2,1H3,(H,27,28)/t17-,23+/m1/s1. The molecule has 2 aromatic rings. The second-order valence-corrected chi connectivity index (χ2v) is 11.4. The third-order valence-electron chi connectivity index (χ3n) is 7.48. The molecule has 1 aromatic carbocycles. The van der Waals surface area contributed by atoms with Crippen LogP contribution in [0.5, 0.6) is 0 Å². The van der Waals surface area contributed by atoms with Crippen LogP contribution in [0.1, 0.15) is 37.7 Å². The van der Waals surface area contributed by atoms with Crippen LogP contribution in [0.25, 0.3) is 0 Å². The molecule has 0 unspecified atom stereocenters. The SMILES string of the molecule is Cc1cc(N2CC[C@@]3(CC[C@H]3N3CCCC3)C2)c(Cl)c(F)c1S(=O)(=O)Nc1cccc(F)n1. The molecule has 1 aromatic heterocycles. The van der Waals surface area contributed by atoms with Gasteiger partial charge in [0, 0.05) is 24.5 Å². The highest BCUT2D eigenvalue weighted by molar-refractivity contribution is 7.92. The molecule has 5 rings (SSSR count). The van der Waals surface area contributed by atoms with Crippen LogP contribution < -0.4 is 9.62 Å². The summed E-state index contributed by atoms with van der Waals surface area (Å²) in [5.74, 6) is -2.07. The van der Waals surface area contributed by atoms with E-state index in [4.69, 9.17) is 11.6 Å². The van der Waals surface area contributed by atoms with Crippen molar-refractivity contribution in [3.05, 3.63) is 46.6 Å². The van der Waals surface area contributed by atoms with E-state index >= 15 is 4.39 Å². The minimum Gasteiger partial charge on any atom is -0.370 e. The molecule has 33 heavy (non-hydrogen) atoms. The van der Waals surface area contributed by atoms with Crippen molar-refractivity contribution in [2.45, 2.75) is 50.0 Å². The summed E-state index contributed by atoms with van der Waals surface area (Å²) >= 11 is 6.41. The number of halogens is 3. The van der Waals surface area contributed by atoms with Gasteiger partial charge in [0.05, 0.1) is 5.69 Å². The fourth-order valence-corrected chi connectivity index (χ4v) is 7.45. The lowest BCUT2D eigenvalue weighted by atomic mass is 9.63. The van der Waals surface area contributed by atoms with Crippen molar-refractivity contribution >= 4 is 33.1 Å². The van der Waals surface area contributed by atoms with Crippen LogP contribution in [0, 0.1) is 24.1 Å². The number of likely N-dealkylation sites (tertiary alicyclic amines) is 1. The molecule has 1 spiro atoms. The average Bonchev–Trinajstić information content (AvgIpc) is 3.41. The van der Waals surface area contributed by atoms with Crippen LogP contribution >= 0.6 is 11.6 Å². The van der Waals surface area contributed by atoms with Gasteiger partial charge in [0.25, 0.3) is 10.0 Å². The first kappa shape index (κ1) is 22.8. The lowest BCUT2D eigenvalue weighted by molar-refractivity contribution is 0.00199. The number of pyridine rings is 1. The molecule has 2 atom stereocenters. The Labute approximate surface area is 198 Å². The van der Waals surface area contributed by atoms with Crippen molar-refractivity contribution in [1.29, 1.82) is 0 Å². The first-order chi connectivity index (χ1) is 15.7. The van der Waals surface area contributed by atoms with E-state index in [9.17, 15) is 12.8 Å². The van der Waals surface area contributed by atoms with Gasteiger partial charge in [0.1, 0.15) is 15.7 Å². The maximum absolute atomic E-state index is 15.4. The molecule has 2 aliphatic heterocycles. The van der Waals surface area contributed by atoms with E-state index in [1.165, 1.54) is 31.4 Å². The Kier molecular flexibility index (Phi) is 5.77. The fourth-order valence-electron chi connectivity index (χ4n) is 5.82. The van der Waals surface area contributed by atoms with Crippen LogP contribution in [-0.2, 0) is 10.0 Å². The molecule has 1 saturated carbocycles. The summed E-state index contributed by atoms with van der Waals surface area (Å²) in [6.45, 7) is 5.41. The normalized spacial score (nSPS) is 25.6. The molecule has 3 aliphatic rings. The second-order valence-electron chi connectivity index (χ2n) is 9.45. The van der Waals surface area contributed by atoms with Crippen molar-refractivity contribution in [2.75, 3.05) is 35.8 Å². The number of hydrogen-bond acceptors (Lipinski definition) is 5.